The molecule has 2 aromatic carbocycles. The number of nitro benzene ring substituents is 1. The second-order valence-corrected chi connectivity index (χ2v) is 8.17. The summed E-state index contributed by atoms with van der Waals surface area (Å²) in [4.78, 5) is 11.0. The van der Waals surface area contributed by atoms with Gasteiger partial charge in [0.2, 0.25) is 0 Å². The Morgan fingerprint density at radius 3 is 2.64 bits per heavy atom. The van der Waals surface area contributed by atoms with Crippen LogP contribution < -0.4 is 14.8 Å². The highest BCUT2D eigenvalue weighted by Gasteiger charge is 2.54. The van der Waals surface area contributed by atoms with E-state index in [0.717, 1.165) is 28.3 Å². The van der Waals surface area contributed by atoms with Crippen LogP contribution in [0.2, 0.25) is 0 Å². The van der Waals surface area contributed by atoms with Gasteiger partial charge in [-0.15, -0.1) is 0 Å². The fraction of sp³-hybridized carbons (Fsp3) is 0.455. The van der Waals surface area contributed by atoms with Crippen LogP contribution in [0.15, 0.2) is 36.4 Å². The van der Waals surface area contributed by atoms with E-state index in [-0.39, 0.29) is 16.7 Å². The third kappa shape index (κ3) is 2.40. The van der Waals surface area contributed by atoms with Crippen molar-refractivity contribution in [2.75, 3.05) is 19.5 Å². The van der Waals surface area contributed by atoms with Crippen molar-refractivity contribution >= 4 is 11.4 Å². The second-order valence-electron chi connectivity index (χ2n) is 8.17. The number of para-hydroxylation sites is 1. The average molecular weight is 380 g/mol. The van der Waals surface area contributed by atoms with E-state index >= 15 is 0 Å². The summed E-state index contributed by atoms with van der Waals surface area (Å²) in [5.41, 5.74) is 3.41. The predicted octanol–water partition coefficient (Wildman–Crippen LogP) is 4.91. The SMILES string of the molecule is COc1cccc([C@@H]2Nc3ccc([N+](=O)[O-])cc3[C@H]3[C@H]4CC[C@@H](C4)[C@H]32)c1OC. The standard InChI is InChI=1S/C22H24N2O4/c1-27-18-5-3-4-15(22(18)28-2)21-20-13-7-6-12(10-13)19(20)16-11-14(24(25)26)8-9-17(16)23-21/h3-5,8-9,11-13,19-21,23H,6-7,10H2,1-2H3/t12-,13-,19+,20+,21-/m0/s1. The summed E-state index contributed by atoms with van der Waals surface area (Å²) < 4.78 is 11.3. The van der Waals surface area contributed by atoms with Gasteiger partial charge in [0.05, 0.1) is 25.2 Å². The molecule has 28 heavy (non-hydrogen) atoms. The minimum absolute atomic E-state index is 0.110. The molecule has 0 aromatic heterocycles. The molecule has 2 aliphatic carbocycles. The Morgan fingerprint density at radius 1 is 1.07 bits per heavy atom. The van der Waals surface area contributed by atoms with Crippen LogP contribution in [0, 0.1) is 27.9 Å². The number of non-ortho nitro benzene ring substituents is 1. The number of fused-ring (bicyclic) bond motifs is 7. The van der Waals surface area contributed by atoms with Crippen molar-refractivity contribution in [3.8, 4) is 11.5 Å². The Labute approximate surface area is 164 Å². The topological polar surface area (TPSA) is 73.6 Å². The maximum absolute atomic E-state index is 11.3. The molecule has 1 N–H and O–H groups in total. The van der Waals surface area contributed by atoms with E-state index in [1.54, 1.807) is 26.4 Å². The lowest BCUT2D eigenvalue weighted by Gasteiger charge is -2.43. The molecule has 2 bridgehead atoms. The Balaban J connectivity index is 1.65. The summed E-state index contributed by atoms with van der Waals surface area (Å²) in [6.45, 7) is 0. The van der Waals surface area contributed by atoms with Crippen molar-refractivity contribution in [1.82, 2.24) is 0 Å². The second kappa shape index (κ2) is 6.40. The summed E-state index contributed by atoms with van der Waals surface area (Å²) in [6, 6.07) is 11.4. The lowest BCUT2D eigenvalue weighted by atomic mass is 9.68. The Hall–Kier alpha value is -2.76. The van der Waals surface area contributed by atoms with Crippen molar-refractivity contribution in [1.29, 1.82) is 0 Å². The van der Waals surface area contributed by atoms with Gasteiger partial charge in [-0.25, -0.2) is 0 Å². The molecule has 5 rings (SSSR count). The molecule has 6 heteroatoms. The molecule has 1 aliphatic heterocycles. The zero-order chi connectivity index (χ0) is 19.4. The van der Waals surface area contributed by atoms with E-state index in [9.17, 15) is 10.1 Å². The van der Waals surface area contributed by atoms with E-state index in [0.29, 0.717) is 23.7 Å². The summed E-state index contributed by atoms with van der Waals surface area (Å²) in [5.74, 6) is 3.52. The molecule has 6 nitrogen and oxygen atoms in total. The van der Waals surface area contributed by atoms with Crippen LogP contribution >= 0.6 is 0 Å². The number of rotatable bonds is 4. The van der Waals surface area contributed by atoms with Gasteiger partial charge in [0.1, 0.15) is 0 Å². The quantitative estimate of drug-likeness (QED) is 0.603. The van der Waals surface area contributed by atoms with Gasteiger partial charge >= 0.3 is 0 Å². The first-order valence-electron chi connectivity index (χ1n) is 9.88. The molecule has 0 amide bonds. The smallest absolute Gasteiger partial charge is 0.269 e. The highest BCUT2D eigenvalue weighted by atomic mass is 16.6. The van der Waals surface area contributed by atoms with Gasteiger partial charge in [0, 0.05) is 23.4 Å². The third-order valence-corrected chi connectivity index (χ3v) is 7.05. The van der Waals surface area contributed by atoms with E-state index in [2.05, 4.69) is 11.4 Å². The number of ether oxygens (including phenoxy) is 2. The number of benzene rings is 2. The highest BCUT2D eigenvalue weighted by Crippen LogP contribution is 2.64. The van der Waals surface area contributed by atoms with Crippen molar-refractivity contribution in [3.05, 3.63) is 57.6 Å². The van der Waals surface area contributed by atoms with Gasteiger partial charge in [0.15, 0.2) is 11.5 Å². The lowest BCUT2D eigenvalue weighted by Crippen LogP contribution is -2.35. The molecule has 0 spiro atoms. The molecule has 2 saturated carbocycles. The maximum atomic E-state index is 11.3. The largest absolute Gasteiger partial charge is 0.493 e. The highest BCUT2D eigenvalue weighted by molar-refractivity contribution is 5.63. The van der Waals surface area contributed by atoms with Gasteiger partial charge in [-0.05, 0) is 60.6 Å². The van der Waals surface area contributed by atoms with Crippen LogP contribution in [0.3, 0.4) is 0 Å². The number of hydrogen-bond donors (Lipinski definition) is 1. The van der Waals surface area contributed by atoms with Gasteiger partial charge in [0.25, 0.3) is 5.69 Å². The van der Waals surface area contributed by atoms with Crippen LogP contribution in [0.4, 0.5) is 11.4 Å². The summed E-state index contributed by atoms with van der Waals surface area (Å²) in [7, 11) is 3.34. The minimum Gasteiger partial charge on any atom is -0.493 e. The molecule has 1 heterocycles. The number of nitrogens with zero attached hydrogens (tertiary/aromatic N) is 1. The third-order valence-electron chi connectivity index (χ3n) is 7.05. The van der Waals surface area contributed by atoms with E-state index in [4.69, 9.17) is 9.47 Å². The van der Waals surface area contributed by atoms with Crippen molar-refractivity contribution < 1.29 is 14.4 Å². The van der Waals surface area contributed by atoms with Crippen LogP contribution in [0.25, 0.3) is 0 Å². The normalized spacial score (nSPS) is 29.6. The van der Waals surface area contributed by atoms with E-state index in [1.807, 2.05) is 18.2 Å². The number of hydrogen-bond acceptors (Lipinski definition) is 5. The fourth-order valence-electron chi connectivity index (χ4n) is 6.05. The minimum atomic E-state index is -0.292. The number of nitro groups is 1. The zero-order valence-electron chi connectivity index (χ0n) is 16.1. The first kappa shape index (κ1) is 17.3. The summed E-state index contributed by atoms with van der Waals surface area (Å²) >= 11 is 0. The molecule has 3 aliphatic rings. The van der Waals surface area contributed by atoms with Gasteiger partial charge in [-0.2, -0.15) is 0 Å². The van der Waals surface area contributed by atoms with Crippen LogP contribution in [0.1, 0.15) is 42.3 Å². The van der Waals surface area contributed by atoms with Crippen molar-refractivity contribution in [2.24, 2.45) is 17.8 Å². The van der Waals surface area contributed by atoms with Crippen LogP contribution in [-0.2, 0) is 0 Å². The lowest BCUT2D eigenvalue weighted by molar-refractivity contribution is -0.384. The van der Waals surface area contributed by atoms with E-state index in [1.165, 1.54) is 19.3 Å². The van der Waals surface area contributed by atoms with Crippen molar-refractivity contribution in [3.63, 3.8) is 0 Å². The molecule has 2 aromatic rings. The van der Waals surface area contributed by atoms with Gasteiger partial charge in [-0.3, -0.25) is 10.1 Å². The van der Waals surface area contributed by atoms with Crippen LogP contribution in [0.5, 0.6) is 11.5 Å². The molecule has 0 unspecified atom stereocenters. The number of methoxy groups -OCH3 is 2. The Kier molecular flexibility index (Phi) is 3.96. The monoisotopic (exact) mass is 380 g/mol. The van der Waals surface area contributed by atoms with Crippen molar-refractivity contribution in [2.45, 2.75) is 31.2 Å². The fourth-order valence-corrected chi connectivity index (χ4v) is 6.05. The molecule has 0 radical (unpaired) electrons. The molecule has 5 atom stereocenters. The van der Waals surface area contributed by atoms with Gasteiger partial charge in [-0.1, -0.05) is 12.1 Å². The first-order chi connectivity index (χ1) is 13.6. The van der Waals surface area contributed by atoms with Gasteiger partial charge < -0.3 is 14.8 Å². The molecular weight excluding hydrogens is 356 g/mol. The number of nitrogens with one attached hydrogen (secondary N) is 1. The maximum Gasteiger partial charge on any atom is 0.269 e. The predicted molar refractivity (Wildman–Crippen MR) is 106 cm³/mol. The molecular formula is C22H24N2O4. The molecule has 2 fully saturated rings. The molecule has 146 valence electrons. The first-order valence-corrected chi connectivity index (χ1v) is 9.88. The average Bonchev–Trinajstić information content (AvgIpc) is 3.34. The molecule has 0 saturated heterocycles. The summed E-state index contributed by atoms with van der Waals surface area (Å²) in [5, 5.41) is 15.0. The Morgan fingerprint density at radius 2 is 1.89 bits per heavy atom. The number of anilines is 1. The van der Waals surface area contributed by atoms with Crippen LogP contribution in [-0.4, -0.2) is 19.1 Å². The van der Waals surface area contributed by atoms with E-state index < -0.39 is 0 Å². The summed E-state index contributed by atoms with van der Waals surface area (Å²) in [6.07, 6.45) is 3.67. The Bertz CT molecular complexity index is 944. The zero-order valence-corrected chi connectivity index (χ0v) is 16.1.